The van der Waals surface area contributed by atoms with Gasteiger partial charge in [-0.1, -0.05) is 54.0 Å². The summed E-state index contributed by atoms with van der Waals surface area (Å²) >= 11 is 0. The van der Waals surface area contributed by atoms with E-state index in [0.717, 1.165) is 30.9 Å². The summed E-state index contributed by atoms with van der Waals surface area (Å²) < 4.78 is 47.3. The van der Waals surface area contributed by atoms with Gasteiger partial charge in [0, 0.05) is 24.7 Å². The molecule has 2 rings (SSSR count). The highest BCUT2D eigenvalue weighted by Crippen LogP contribution is 2.32. The number of carbonyl (C=O) groups is 2. The van der Waals surface area contributed by atoms with Gasteiger partial charge in [-0.2, -0.15) is 18.3 Å². The Kier molecular flexibility index (Phi) is 20.5. The smallest absolute Gasteiger partial charge is 0.432 e. The molecule has 2 aromatic rings. The SMILES string of the molecule is CCCC(=O)OC(C)(C)C.CCCC(C)(C)CC(CC)N=C(/C=C(\C)c1ccc(C(C)(C)O)nc1)C(F)(F)F.[B]C([B])([B])n1cc(CC(C)C(C)=O)cn1. The van der Waals surface area contributed by atoms with Crippen LogP contribution in [-0.4, -0.2) is 78.7 Å². The van der Waals surface area contributed by atoms with Crippen LogP contribution in [0, 0.1) is 11.3 Å². The van der Waals surface area contributed by atoms with Gasteiger partial charge in [-0.05, 0) is 120 Å². The lowest BCUT2D eigenvalue weighted by Crippen LogP contribution is -2.35. The summed E-state index contributed by atoms with van der Waals surface area (Å²) in [6.45, 7) is 24.0. The Bertz CT molecular complexity index is 1500. The molecule has 2 atom stereocenters. The third kappa shape index (κ3) is 21.1. The number of pyridine rings is 1. The van der Waals surface area contributed by atoms with Crippen LogP contribution in [0.1, 0.15) is 145 Å². The molecular weight excluding hydrogens is 690 g/mol. The Labute approximate surface area is 326 Å². The molecule has 0 amide bonds. The topological polar surface area (TPSA) is 107 Å². The summed E-state index contributed by atoms with van der Waals surface area (Å²) in [6.07, 6.45) is 6.43. The van der Waals surface area contributed by atoms with Gasteiger partial charge in [-0.15, -0.1) is 0 Å². The molecule has 14 heteroatoms. The van der Waals surface area contributed by atoms with Gasteiger partial charge in [0.25, 0.3) is 0 Å². The number of hydrogen-bond donors (Lipinski definition) is 1. The van der Waals surface area contributed by atoms with Gasteiger partial charge < -0.3 is 9.84 Å². The third-order valence-corrected chi connectivity index (χ3v) is 8.14. The standard InChI is InChI=1S/C23H35F3N2O.C9H11B3N2O.C8H16O2/c1-8-12-21(4,5)14-18(9-2)28-20(23(24,25)26)13-16(3)17-10-11-19(27-15-17)22(6,7)29;1-6(7(2)15)3-8-4-13-14(5-8)9(10,11)12;1-5-6-7(9)10-8(2,3)4/h10-11,13,15,18,29H,8-9,12,14H2,1-7H3;4-6H,3H2,1-2H3;5-6H2,1-4H3/b16-13+,28-20?;;. The van der Waals surface area contributed by atoms with E-state index >= 15 is 0 Å². The van der Waals surface area contributed by atoms with Crippen LogP contribution in [0.25, 0.3) is 5.57 Å². The minimum absolute atomic E-state index is 0.0367. The number of halogens is 3. The molecule has 2 aromatic heterocycles. The Hall–Kier alpha value is -3.15. The van der Waals surface area contributed by atoms with Crippen molar-refractivity contribution in [2.24, 2.45) is 16.3 Å². The average Bonchev–Trinajstić information content (AvgIpc) is 3.48. The molecule has 0 saturated heterocycles. The number of aliphatic hydroxyl groups is 1. The van der Waals surface area contributed by atoms with Crippen LogP contribution in [0.15, 0.2) is 41.8 Å². The van der Waals surface area contributed by atoms with E-state index in [9.17, 15) is 27.9 Å². The van der Waals surface area contributed by atoms with E-state index < -0.39 is 22.7 Å². The van der Waals surface area contributed by atoms with Crippen molar-refractivity contribution in [2.75, 3.05) is 0 Å². The van der Waals surface area contributed by atoms with Crippen LogP contribution >= 0.6 is 0 Å². The Balaban J connectivity index is 0.000000927. The molecular formula is C40H62B3F3N4O4. The van der Waals surface area contributed by atoms with E-state index in [2.05, 4.69) is 35.8 Å². The van der Waals surface area contributed by atoms with E-state index in [4.69, 9.17) is 28.3 Å². The largest absolute Gasteiger partial charge is 0.460 e. The summed E-state index contributed by atoms with van der Waals surface area (Å²) in [5, 5.41) is 12.4. The number of ether oxygens (including phenoxy) is 1. The zero-order valence-corrected chi connectivity index (χ0v) is 34.9. The molecule has 0 aliphatic carbocycles. The molecule has 0 aliphatic heterocycles. The minimum Gasteiger partial charge on any atom is -0.460 e. The van der Waals surface area contributed by atoms with E-state index in [1.807, 2.05) is 41.5 Å². The first-order valence-corrected chi connectivity index (χ1v) is 18.6. The third-order valence-electron chi connectivity index (χ3n) is 8.14. The molecule has 6 radical (unpaired) electrons. The van der Waals surface area contributed by atoms with Crippen molar-refractivity contribution in [2.45, 2.75) is 164 Å². The number of aromatic nitrogens is 3. The van der Waals surface area contributed by atoms with Crippen molar-refractivity contribution in [1.82, 2.24) is 14.8 Å². The molecule has 0 aromatic carbocycles. The number of alkyl halides is 3. The van der Waals surface area contributed by atoms with Gasteiger partial charge in [0.2, 0.25) is 0 Å². The Morgan fingerprint density at radius 3 is 1.96 bits per heavy atom. The first-order chi connectivity index (χ1) is 24.4. The first-order valence-electron chi connectivity index (χ1n) is 18.6. The Morgan fingerprint density at radius 2 is 1.57 bits per heavy atom. The number of hydrogen-bond acceptors (Lipinski definition) is 7. The number of Topliss-reactive ketones (excluding diaryl/α,β-unsaturated/α-hetero) is 1. The van der Waals surface area contributed by atoms with E-state index in [1.54, 1.807) is 52.2 Å². The highest BCUT2D eigenvalue weighted by atomic mass is 19.4. The predicted octanol–water partition coefficient (Wildman–Crippen LogP) is 8.56. The van der Waals surface area contributed by atoms with Gasteiger partial charge in [0.1, 0.15) is 22.7 Å². The molecule has 0 fully saturated rings. The fourth-order valence-electron chi connectivity index (χ4n) is 5.14. The van der Waals surface area contributed by atoms with E-state index in [-0.39, 0.29) is 34.7 Å². The molecule has 296 valence electrons. The second kappa shape index (κ2) is 21.8. The van der Waals surface area contributed by atoms with Crippen molar-refractivity contribution < 1.29 is 32.6 Å². The lowest BCUT2D eigenvalue weighted by atomic mass is 9.49. The van der Waals surface area contributed by atoms with Gasteiger partial charge >= 0.3 is 12.1 Å². The van der Waals surface area contributed by atoms with Gasteiger partial charge in [-0.25, -0.2) is 0 Å². The number of ketones is 1. The predicted molar refractivity (Wildman–Crippen MR) is 216 cm³/mol. The number of carbonyl (C=O) groups excluding carboxylic acids is 2. The summed E-state index contributed by atoms with van der Waals surface area (Å²) in [4.78, 5) is 30.2. The highest BCUT2D eigenvalue weighted by Gasteiger charge is 2.35. The number of esters is 1. The van der Waals surface area contributed by atoms with Crippen LogP contribution in [0.4, 0.5) is 13.2 Å². The molecule has 8 nitrogen and oxygen atoms in total. The maximum absolute atomic E-state index is 13.7. The van der Waals surface area contributed by atoms with Gasteiger partial charge in [0.15, 0.2) is 0 Å². The fourth-order valence-corrected chi connectivity index (χ4v) is 5.14. The van der Waals surface area contributed by atoms with Crippen molar-refractivity contribution in [3.05, 3.63) is 53.6 Å². The summed E-state index contributed by atoms with van der Waals surface area (Å²) in [5.41, 5.74) is 0.00579. The minimum atomic E-state index is -4.52. The van der Waals surface area contributed by atoms with Crippen LogP contribution in [-0.2, 0) is 31.6 Å². The number of rotatable bonds is 15. The lowest BCUT2D eigenvalue weighted by Gasteiger charge is -2.27. The second-order valence-electron chi connectivity index (χ2n) is 16.2. The quantitative estimate of drug-likeness (QED) is 0.111. The van der Waals surface area contributed by atoms with Crippen LogP contribution in [0.2, 0.25) is 0 Å². The summed E-state index contributed by atoms with van der Waals surface area (Å²) in [7, 11) is 16.3. The van der Waals surface area contributed by atoms with Gasteiger partial charge in [-0.3, -0.25) is 24.2 Å². The van der Waals surface area contributed by atoms with Crippen molar-refractivity contribution in [1.29, 1.82) is 0 Å². The molecule has 54 heavy (non-hydrogen) atoms. The molecule has 2 heterocycles. The fraction of sp³-hybridized carbons (Fsp3) is 0.675. The normalized spacial score (nSPS) is 14.2. The van der Waals surface area contributed by atoms with Gasteiger partial charge in [0.05, 0.1) is 41.5 Å². The lowest BCUT2D eigenvalue weighted by molar-refractivity contribution is -0.154. The second-order valence-corrected chi connectivity index (χ2v) is 16.2. The van der Waals surface area contributed by atoms with E-state index in [1.165, 1.54) is 10.9 Å². The monoisotopic (exact) mass is 753 g/mol. The van der Waals surface area contributed by atoms with Crippen molar-refractivity contribution in [3.63, 3.8) is 0 Å². The maximum Gasteiger partial charge on any atom is 0.432 e. The van der Waals surface area contributed by atoms with Crippen molar-refractivity contribution in [3.8, 4) is 0 Å². The van der Waals surface area contributed by atoms with Crippen molar-refractivity contribution >= 4 is 46.6 Å². The molecule has 0 saturated carbocycles. The number of aliphatic imine (C=N–C) groups is 1. The number of allylic oxidation sites excluding steroid dienone is 2. The first kappa shape index (κ1) is 50.9. The van der Waals surface area contributed by atoms with E-state index in [0.29, 0.717) is 42.5 Å². The van der Waals surface area contributed by atoms with Crippen LogP contribution in [0.3, 0.4) is 0 Å². The van der Waals surface area contributed by atoms with Crippen LogP contribution < -0.4 is 0 Å². The maximum atomic E-state index is 13.7. The summed E-state index contributed by atoms with van der Waals surface area (Å²) in [5.74, 6) is 0.00244. The molecule has 2 unspecified atom stereocenters. The zero-order valence-electron chi connectivity index (χ0n) is 34.9. The average molecular weight is 752 g/mol. The molecule has 1 N–H and O–H groups in total. The molecule has 0 aliphatic rings. The highest BCUT2D eigenvalue weighted by molar-refractivity contribution is 6.56. The Morgan fingerprint density at radius 1 is 0.981 bits per heavy atom. The zero-order chi connectivity index (χ0) is 42.3. The van der Waals surface area contributed by atoms with Crippen LogP contribution in [0.5, 0.6) is 0 Å². The molecule has 0 bridgehead atoms. The summed E-state index contributed by atoms with van der Waals surface area (Å²) in [6, 6.07) is 2.91. The number of nitrogens with zero attached hydrogens (tertiary/aromatic N) is 4. The molecule has 0 spiro atoms.